The summed E-state index contributed by atoms with van der Waals surface area (Å²) in [6.45, 7) is 6.12. The minimum atomic E-state index is -0.111. The fourth-order valence-corrected chi connectivity index (χ4v) is 4.09. The lowest BCUT2D eigenvalue weighted by Gasteiger charge is -2.33. The molecule has 0 saturated carbocycles. The number of fused-ring (bicyclic) bond motifs is 1. The molecule has 6 heteroatoms. The predicted molar refractivity (Wildman–Crippen MR) is 115 cm³/mol. The van der Waals surface area contributed by atoms with Gasteiger partial charge in [-0.2, -0.15) is 0 Å². The van der Waals surface area contributed by atoms with Gasteiger partial charge in [0.15, 0.2) is 0 Å². The van der Waals surface area contributed by atoms with E-state index in [9.17, 15) is 4.79 Å². The Morgan fingerprint density at radius 3 is 2.45 bits per heavy atom. The van der Waals surface area contributed by atoms with Gasteiger partial charge in [0.05, 0.1) is 6.10 Å². The topological polar surface area (TPSA) is 53.6 Å². The second-order valence-electron chi connectivity index (χ2n) is 7.96. The molecule has 3 unspecified atom stereocenters. The van der Waals surface area contributed by atoms with Crippen molar-refractivity contribution < 1.29 is 9.53 Å². The molecule has 0 bridgehead atoms. The number of carbonyl (C=O) groups excluding carboxylic acids is 1. The molecule has 1 fully saturated rings. The summed E-state index contributed by atoms with van der Waals surface area (Å²) in [4.78, 5) is 12.8. The van der Waals surface area contributed by atoms with Crippen LogP contribution in [-0.2, 0) is 11.2 Å². The maximum Gasteiger partial charge on any atom is 0.264 e. The second kappa shape index (κ2) is 8.09. The monoisotopic (exact) mass is 411 g/mol. The van der Waals surface area contributed by atoms with E-state index in [4.69, 9.17) is 16.3 Å². The second-order valence-corrected chi connectivity index (χ2v) is 8.40. The average Bonchev–Trinajstić information content (AvgIpc) is 3.00. The van der Waals surface area contributed by atoms with Crippen LogP contribution in [0.15, 0.2) is 54.6 Å². The van der Waals surface area contributed by atoms with Crippen molar-refractivity contribution in [2.45, 2.75) is 45.5 Å². The molecule has 3 atom stereocenters. The summed E-state index contributed by atoms with van der Waals surface area (Å²) in [6, 6.07) is 15.9. The maximum absolute atomic E-state index is 12.8. The first kappa shape index (κ1) is 19.8. The van der Waals surface area contributed by atoms with E-state index >= 15 is 0 Å². The van der Waals surface area contributed by atoms with Gasteiger partial charge in [-0.3, -0.25) is 9.80 Å². The van der Waals surface area contributed by atoms with Crippen molar-refractivity contribution >= 4 is 23.2 Å². The highest BCUT2D eigenvalue weighted by molar-refractivity contribution is 6.30. The minimum Gasteiger partial charge on any atom is -0.491 e. The Labute approximate surface area is 176 Å². The lowest BCUT2D eigenvalue weighted by molar-refractivity contribution is -0.131. The summed E-state index contributed by atoms with van der Waals surface area (Å²) in [5.41, 5.74) is 6.33. The van der Waals surface area contributed by atoms with Crippen LogP contribution in [0, 0.1) is 5.92 Å². The van der Waals surface area contributed by atoms with E-state index in [0.29, 0.717) is 0 Å². The largest absolute Gasteiger partial charge is 0.491 e. The first-order valence-corrected chi connectivity index (χ1v) is 10.4. The fourth-order valence-electron chi connectivity index (χ4n) is 3.96. The molecule has 2 aliphatic heterocycles. The summed E-state index contributed by atoms with van der Waals surface area (Å²) in [6.07, 6.45) is 2.52. The van der Waals surface area contributed by atoms with Crippen LogP contribution >= 0.6 is 11.6 Å². The van der Waals surface area contributed by atoms with Crippen molar-refractivity contribution in [1.82, 2.24) is 15.8 Å². The van der Waals surface area contributed by atoms with Crippen LogP contribution in [0.2, 0.25) is 5.02 Å². The standard InChI is InChI=1S/C23H26ClN3O2/c1-14(2)29-19-10-6-17(7-11-19)21-13-22(28)27-23(25-21)20(15(3)26-27)12-16-4-8-18(24)9-5-16/h4-11,13-15,20,23,25-26H,12H2,1-3H3. The van der Waals surface area contributed by atoms with Crippen molar-refractivity contribution in [2.75, 3.05) is 0 Å². The number of nitrogens with zero attached hydrogens (tertiary/aromatic N) is 1. The first-order valence-electron chi connectivity index (χ1n) is 10.00. The molecule has 2 aliphatic rings. The van der Waals surface area contributed by atoms with Gasteiger partial charge >= 0.3 is 0 Å². The van der Waals surface area contributed by atoms with Crippen molar-refractivity contribution in [3.8, 4) is 5.75 Å². The zero-order chi connectivity index (χ0) is 20.5. The molecular weight excluding hydrogens is 386 g/mol. The van der Waals surface area contributed by atoms with Crippen LogP contribution in [-0.4, -0.2) is 29.2 Å². The summed E-state index contributed by atoms with van der Waals surface area (Å²) >= 11 is 6.02. The SMILES string of the molecule is CC(C)Oc1ccc(C2=CC(=O)N3NC(C)C(Cc4ccc(Cl)cc4)C3N2)cc1. The minimum absolute atomic E-state index is 0.0308. The molecule has 152 valence electrons. The van der Waals surface area contributed by atoms with E-state index in [0.717, 1.165) is 28.5 Å². The average molecular weight is 412 g/mol. The van der Waals surface area contributed by atoms with E-state index in [1.165, 1.54) is 5.56 Å². The molecule has 2 aromatic rings. The smallest absolute Gasteiger partial charge is 0.264 e. The number of ether oxygens (including phenoxy) is 1. The fraction of sp³-hybridized carbons (Fsp3) is 0.348. The lowest BCUT2D eigenvalue weighted by Crippen LogP contribution is -2.53. The molecule has 0 radical (unpaired) electrons. The van der Waals surface area contributed by atoms with Crippen molar-refractivity contribution in [3.63, 3.8) is 0 Å². The van der Waals surface area contributed by atoms with E-state index in [1.54, 1.807) is 11.1 Å². The van der Waals surface area contributed by atoms with Crippen molar-refractivity contribution in [3.05, 3.63) is 70.8 Å². The zero-order valence-corrected chi connectivity index (χ0v) is 17.6. The molecule has 2 aromatic carbocycles. The third-order valence-corrected chi connectivity index (χ3v) is 5.65. The number of nitrogens with one attached hydrogen (secondary N) is 2. The molecular formula is C23H26ClN3O2. The number of halogens is 1. The predicted octanol–water partition coefficient (Wildman–Crippen LogP) is 3.99. The highest BCUT2D eigenvalue weighted by Crippen LogP contribution is 2.30. The Bertz CT molecular complexity index is 909. The summed E-state index contributed by atoms with van der Waals surface area (Å²) < 4.78 is 5.72. The molecule has 5 nitrogen and oxygen atoms in total. The molecule has 0 spiro atoms. The zero-order valence-electron chi connectivity index (χ0n) is 16.9. The molecule has 0 aromatic heterocycles. The molecule has 2 N–H and O–H groups in total. The maximum atomic E-state index is 12.8. The Morgan fingerprint density at radius 2 is 1.79 bits per heavy atom. The van der Waals surface area contributed by atoms with Crippen LogP contribution in [0.5, 0.6) is 5.75 Å². The summed E-state index contributed by atoms with van der Waals surface area (Å²) in [5.74, 6) is 1.02. The number of hydrazine groups is 1. The quantitative estimate of drug-likeness (QED) is 0.781. The summed E-state index contributed by atoms with van der Waals surface area (Å²) in [7, 11) is 0. The Kier molecular flexibility index (Phi) is 5.52. The van der Waals surface area contributed by atoms with Gasteiger partial charge in [0, 0.05) is 28.8 Å². The number of amides is 1. The van der Waals surface area contributed by atoms with Crippen LogP contribution < -0.4 is 15.5 Å². The highest BCUT2D eigenvalue weighted by Gasteiger charge is 2.43. The Hall–Kier alpha value is -2.50. The van der Waals surface area contributed by atoms with Crippen molar-refractivity contribution in [1.29, 1.82) is 0 Å². The lowest BCUT2D eigenvalue weighted by atomic mass is 9.91. The van der Waals surface area contributed by atoms with Gasteiger partial charge in [0.2, 0.25) is 0 Å². The van der Waals surface area contributed by atoms with E-state index in [2.05, 4.69) is 17.7 Å². The van der Waals surface area contributed by atoms with Gasteiger partial charge in [0.25, 0.3) is 5.91 Å². The molecule has 1 saturated heterocycles. The normalized spacial score (nSPS) is 23.6. The molecule has 2 heterocycles. The van der Waals surface area contributed by atoms with E-state index in [1.807, 2.05) is 62.4 Å². The number of hydrogen-bond acceptors (Lipinski definition) is 4. The van der Waals surface area contributed by atoms with Crippen LogP contribution in [0.1, 0.15) is 31.9 Å². The van der Waals surface area contributed by atoms with Gasteiger partial charge in [-0.15, -0.1) is 0 Å². The van der Waals surface area contributed by atoms with Gasteiger partial charge in [0.1, 0.15) is 11.9 Å². The number of benzene rings is 2. The molecule has 4 rings (SSSR count). The van der Waals surface area contributed by atoms with Gasteiger partial charge in [-0.1, -0.05) is 23.7 Å². The van der Waals surface area contributed by atoms with Gasteiger partial charge in [-0.05, 0) is 74.7 Å². The van der Waals surface area contributed by atoms with Crippen molar-refractivity contribution in [2.24, 2.45) is 5.92 Å². The third kappa shape index (κ3) is 4.26. The Balaban J connectivity index is 1.54. The Morgan fingerprint density at radius 1 is 1.10 bits per heavy atom. The number of hydrogen-bond donors (Lipinski definition) is 2. The first-order chi connectivity index (χ1) is 13.9. The highest BCUT2D eigenvalue weighted by atomic mass is 35.5. The van der Waals surface area contributed by atoms with E-state index < -0.39 is 0 Å². The van der Waals surface area contributed by atoms with E-state index in [-0.39, 0.29) is 30.1 Å². The molecule has 1 amide bonds. The van der Waals surface area contributed by atoms with Crippen LogP contribution in [0.25, 0.3) is 5.70 Å². The molecule has 29 heavy (non-hydrogen) atoms. The van der Waals surface area contributed by atoms with Gasteiger partial charge in [-0.25, -0.2) is 5.43 Å². The number of rotatable bonds is 5. The van der Waals surface area contributed by atoms with Crippen LogP contribution in [0.4, 0.5) is 0 Å². The molecule has 0 aliphatic carbocycles. The summed E-state index contributed by atoms with van der Waals surface area (Å²) in [5, 5.41) is 6.02. The van der Waals surface area contributed by atoms with Crippen LogP contribution in [0.3, 0.4) is 0 Å². The number of carbonyl (C=O) groups is 1. The van der Waals surface area contributed by atoms with Gasteiger partial charge < -0.3 is 10.1 Å². The third-order valence-electron chi connectivity index (χ3n) is 5.40.